The van der Waals surface area contributed by atoms with Crippen LogP contribution in [0.25, 0.3) is 0 Å². The summed E-state index contributed by atoms with van der Waals surface area (Å²) in [6.07, 6.45) is 0.661. The van der Waals surface area contributed by atoms with Crippen LogP contribution in [0.2, 0.25) is 0 Å². The number of carbonyl (C=O) groups excluding carboxylic acids is 1. The van der Waals surface area contributed by atoms with E-state index >= 15 is 0 Å². The summed E-state index contributed by atoms with van der Waals surface area (Å²) < 4.78 is 12.1. The van der Waals surface area contributed by atoms with E-state index in [9.17, 15) is 4.79 Å². The van der Waals surface area contributed by atoms with E-state index in [2.05, 4.69) is 59.7 Å². The van der Waals surface area contributed by atoms with Gasteiger partial charge in [-0.2, -0.15) is 0 Å². The first-order chi connectivity index (χ1) is 14.0. The van der Waals surface area contributed by atoms with Crippen LogP contribution in [0.4, 0.5) is 0 Å². The van der Waals surface area contributed by atoms with E-state index in [1.54, 1.807) is 0 Å². The molecule has 0 saturated heterocycles. The first kappa shape index (κ1) is 24.1. The minimum absolute atomic E-state index is 0.0228. The summed E-state index contributed by atoms with van der Waals surface area (Å²) in [4.78, 5) is 13.4. The molecule has 0 heterocycles. The van der Waals surface area contributed by atoms with Gasteiger partial charge in [0.05, 0.1) is 12.0 Å². The van der Waals surface area contributed by atoms with Crippen LogP contribution in [0.3, 0.4) is 0 Å². The van der Waals surface area contributed by atoms with Crippen LogP contribution in [0, 0.1) is 23.7 Å². The number of aryl methyl sites for hydroxylation is 1. The first-order valence-corrected chi connectivity index (χ1v) is 10.9. The number of ether oxygens (including phenoxy) is 2. The second kappa shape index (κ2) is 10.3. The zero-order chi connectivity index (χ0) is 22.4. The number of esters is 1. The first-order valence-electron chi connectivity index (χ1n) is 10.9. The van der Waals surface area contributed by atoms with Gasteiger partial charge in [-0.05, 0) is 42.7 Å². The lowest BCUT2D eigenvalue weighted by Gasteiger charge is -2.37. The van der Waals surface area contributed by atoms with Gasteiger partial charge < -0.3 is 9.47 Å². The van der Waals surface area contributed by atoms with Crippen molar-refractivity contribution in [2.75, 3.05) is 0 Å². The highest BCUT2D eigenvalue weighted by atomic mass is 16.7. The smallest absolute Gasteiger partial charge is 0.314 e. The average Bonchev–Trinajstić information content (AvgIpc) is 2.65. The SMILES string of the molecule is Cc1cccc(CC(OCc2ccccc2)OC(=O)C(C)(CC(C)(C)C)C(C)C)c1. The standard InChI is InChI=1S/C27H38O3/c1-20(2)27(7,19-26(4,5)6)25(28)30-24(17-23-15-11-12-21(3)16-23)29-18-22-13-9-8-10-14-22/h8-16,20,24H,17-19H2,1-7H3. The van der Waals surface area contributed by atoms with Gasteiger partial charge in [0.25, 0.3) is 0 Å². The van der Waals surface area contributed by atoms with Gasteiger partial charge in [0.15, 0.2) is 0 Å². The van der Waals surface area contributed by atoms with E-state index in [0.717, 1.165) is 17.5 Å². The highest BCUT2D eigenvalue weighted by molar-refractivity contribution is 5.77. The molecule has 3 heteroatoms. The topological polar surface area (TPSA) is 35.5 Å². The Labute approximate surface area is 182 Å². The predicted octanol–water partition coefficient (Wildman–Crippen LogP) is 6.72. The van der Waals surface area contributed by atoms with Crippen LogP contribution in [-0.2, 0) is 27.3 Å². The zero-order valence-electron chi connectivity index (χ0n) is 19.7. The Morgan fingerprint density at radius 3 is 2.13 bits per heavy atom. The Bertz CT molecular complexity index is 804. The minimum atomic E-state index is -0.627. The van der Waals surface area contributed by atoms with Gasteiger partial charge in [0.1, 0.15) is 0 Å². The van der Waals surface area contributed by atoms with Crippen molar-refractivity contribution in [2.24, 2.45) is 16.7 Å². The molecule has 0 radical (unpaired) electrons. The molecule has 0 spiro atoms. The Morgan fingerprint density at radius 2 is 1.57 bits per heavy atom. The van der Waals surface area contributed by atoms with Crippen LogP contribution in [-0.4, -0.2) is 12.3 Å². The van der Waals surface area contributed by atoms with Gasteiger partial charge in [-0.1, -0.05) is 94.8 Å². The normalized spacial score (nSPS) is 14.9. The summed E-state index contributed by atoms with van der Waals surface area (Å²) in [5.41, 5.74) is 2.79. The molecule has 30 heavy (non-hydrogen) atoms. The quantitative estimate of drug-likeness (QED) is 0.340. The van der Waals surface area contributed by atoms with E-state index in [1.165, 1.54) is 5.56 Å². The third-order valence-electron chi connectivity index (χ3n) is 5.64. The van der Waals surface area contributed by atoms with Crippen LogP contribution < -0.4 is 0 Å². The van der Waals surface area contributed by atoms with Gasteiger partial charge in [-0.3, -0.25) is 4.79 Å². The number of rotatable bonds is 9. The van der Waals surface area contributed by atoms with Crippen molar-refractivity contribution in [2.45, 2.75) is 74.2 Å². The van der Waals surface area contributed by atoms with Crippen molar-refractivity contribution < 1.29 is 14.3 Å². The largest absolute Gasteiger partial charge is 0.435 e. The molecule has 0 aromatic heterocycles. The molecule has 0 bridgehead atoms. The number of hydrogen-bond acceptors (Lipinski definition) is 3. The number of hydrogen-bond donors (Lipinski definition) is 0. The lowest BCUT2D eigenvalue weighted by Crippen LogP contribution is -2.41. The number of carbonyl (C=O) groups is 1. The summed E-state index contributed by atoms with van der Waals surface area (Å²) in [5.74, 6) is -0.0175. The van der Waals surface area contributed by atoms with Crippen LogP contribution >= 0.6 is 0 Å². The summed E-state index contributed by atoms with van der Waals surface area (Å²) in [6, 6.07) is 18.2. The van der Waals surface area contributed by atoms with E-state index in [0.29, 0.717) is 13.0 Å². The Hall–Kier alpha value is -2.13. The molecule has 0 fully saturated rings. The van der Waals surface area contributed by atoms with Crippen LogP contribution in [0.15, 0.2) is 54.6 Å². The summed E-state index contributed by atoms with van der Waals surface area (Å²) in [5, 5.41) is 0. The van der Waals surface area contributed by atoms with E-state index in [1.807, 2.05) is 43.3 Å². The van der Waals surface area contributed by atoms with Gasteiger partial charge in [-0.15, -0.1) is 0 Å². The van der Waals surface area contributed by atoms with Crippen molar-refractivity contribution in [1.29, 1.82) is 0 Å². The molecular formula is C27H38O3. The van der Waals surface area contributed by atoms with Gasteiger partial charge in [-0.25, -0.2) is 0 Å². The molecule has 0 N–H and O–H groups in total. The second-order valence-electron chi connectivity index (χ2n) is 10.1. The summed E-state index contributed by atoms with van der Waals surface area (Å²) in [7, 11) is 0. The van der Waals surface area contributed by atoms with E-state index in [-0.39, 0.29) is 17.3 Å². The maximum atomic E-state index is 13.4. The third-order valence-corrected chi connectivity index (χ3v) is 5.64. The maximum absolute atomic E-state index is 13.4. The fraction of sp³-hybridized carbons (Fsp3) is 0.519. The van der Waals surface area contributed by atoms with Crippen molar-refractivity contribution >= 4 is 5.97 Å². The van der Waals surface area contributed by atoms with Crippen molar-refractivity contribution in [3.05, 3.63) is 71.3 Å². The van der Waals surface area contributed by atoms with Gasteiger partial charge in [0.2, 0.25) is 6.29 Å². The van der Waals surface area contributed by atoms with E-state index in [4.69, 9.17) is 9.47 Å². The molecule has 0 aliphatic carbocycles. The third kappa shape index (κ3) is 7.28. The molecule has 3 nitrogen and oxygen atoms in total. The summed E-state index contributed by atoms with van der Waals surface area (Å²) >= 11 is 0. The molecule has 0 aliphatic rings. The molecule has 2 atom stereocenters. The Balaban J connectivity index is 2.20. The monoisotopic (exact) mass is 410 g/mol. The molecule has 2 rings (SSSR count). The van der Waals surface area contributed by atoms with Crippen molar-refractivity contribution in [1.82, 2.24) is 0 Å². The Kier molecular flexibility index (Phi) is 8.25. The molecule has 164 valence electrons. The Morgan fingerprint density at radius 1 is 0.933 bits per heavy atom. The highest BCUT2D eigenvalue weighted by Crippen LogP contribution is 2.40. The van der Waals surface area contributed by atoms with Gasteiger partial charge in [0, 0.05) is 6.42 Å². The highest BCUT2D eigenvalue weighted by Gasteiger charge is 2.42. The summed E-state index contributed by atoms with van der Waals surface area (Å²) in [6.45, 7) is 15.2. The van der Waals surface area contributed by atoms with Crippen molar-refractivity contribution in [3.8, 4) is 0 Å². The van der Waals surface area contributed by atoms with Gasteiger partial charge >= 0.3 is 5.97 Å². The predicted molar refractivity (Wildman–Crippen MR) is 123 cm³/mol. The molecule has 0 aliphatic heterocycles. The van der Waals surface area contributed by atoms with E-state index < -0.39 is 11.7 Å². The molecule has 2 unspecified atom stereocenters. The molecular weight excluding hydrogens is 372 g/mol. The fourth-order valence-electron chi connectivity index (χ4n) is 3.80. The number of benzene rings is 2. The maximum Gasteiger partial charge on any atom is 0.314 e. The molecule has 2 aromatic rings. The molecule has 2 aromatic carbocycles. The molecule has 0 saturated carbocycles. The zero-order valence-corrected chi connectivity index (χ0v) is 19.7. The lowest BCUT2D eigenvalue weighted by molar-refractivity contribution is -0.196. The lowest BCUT2D eigenvalue weighted by atomic mass is 9.69. The second-order valence-corrected chi connectivity index (χ2v) is 10.1. The van der Waals surface area contributed by atoms with Crippen LogP contribution in [0.1, 0.15) is 64.7 Å². The average molecular weight is 411 g/mol. The fourth-order valence-corrected chi connectivity index (χ4v) is 3.80. The van der Waals surface area contributed by atoms with Crippen molar-refractivity contribution in [3.63, 3.8) is 0 Å². The minimum Gasteiger partial charge on any atom is -0.435 e. The molecule has 0 amide bonds. The van der Waals surface area contributed by atoms with Crippen LogP contribution in [0.5, 0.6) is 0 Å².